The smallest absolute Gasteiger partial charge is 0.350 e. The van der Waals surface area contributed by atoms with Gasteiger partial charge in [0.05, 0.1) is 17.8 Å². The second-order valence-electron chi connectivity index (χ2n) is 4.60. The summed E-state index contributed by atoms with van der Waals surface area (Å²) in [5.41, 5.74) is 2.44. The van der Waals surface area contributed by atoms with E-state index in [2.05, 4.69) is 9.89 Å². The maximum absolute atomic E-state index is 11.5. The predicted octanol–water partition coefficient (Wildman–Crippen LogP) is 2.50. The zero-order chi connectivity index (χ0) is 14.3. The molecule has 5 nitrogen and oxygen atoms in total. The zero-order valence-electron chi connectivity index (χ0n) is 11.1. The number of para-hydroxylation sites is 1. The molecule has 1 unspecified atom stereocenters. The second kappa shape index (κ2) is 4.83. The first-order valence-corrected chi connectivity index (χ1v) is 6.55. The van der Waals surface area contributed by atoms with Crippen molar-refractivity contribution in [1.29, 1.82) is 0 Å². The fourth-order valence-electron chi connectivity index (χ4n) is 2.44. The van der Waals surface area contributed by atoms with Crippen LogP contribution in [0.3, 0.4) is 0 Å². The van der Waals surface area contributed by atoms with Gasteiger partial charge in [-0.15, -0.1) is 0 Å². The molecule has 0 amide bonds. The first-order valence-electron chi connectivity index (χ1n) is 6.17. The van der Waals surface area contributed by atoms with Gasteiger partial charge >= 0.3 is 5.97 Å². The third kappa shape index (κ3) is 1.86. The molecular formula is C14H13ClN2O3. The molecule has 0 bridgehead atoms. The van der Waals surface area contributed by atoms with Gasteiger partial charge in [-0.25, -0.2) is 4.79 Å². The lowest BCUT2D eigenvalue weighted by molar-refractivity contribution is -0.152. The van der Waals surface area contributed by atoms with Crippen molar-refractivity contribution in [2.24, 2.45) is 12.2 Å². The van der Waals surface area contributed by atoms with Crippen LogP contribution in [0.2, 0.25) is 5.02 Å². The van der Waals surface area contributed by atoms with Gasteiger partial charge in [-0.05, 0) is 6.07 Å². The van der Waals surface area contributed by atoms with Gasteiger partial charge in [-0.2, -0.15) is 0 Å². The second-order valence-corrected chi connectivity index (χ2v) is 4.98. The minimum absolute atomic E-state index is 0.358. The predicted molar refractivity (Wildman–Crippen MR) is 76.0 cm³/mol. The molecule has 1 aromatic carbocycles. The maximum Gasteiger partial charge on any atom is 0.350 e. The molecule has 1 aliphatic heterocycles. The van der Waals surface area contributed by atoms with Crippen molar-refractivity contribution in [3.8, 4) is 0 Å². The Morgan fingerprint density at radius 1 is 1.50 bits per heavy atom. The van der Waals surface area contributed by atoms with Crippen LogP contribution in [0, 0.1) is 0 Å². The number of halogens is 1. The van der Waals surface area contributed by atoms with Crippen molar-refractivity contribution in [1.82, 2.24) is 4.57 Å². The number of hydrogen-bond donors (Lipinski definition) is 0. The number of aryl methyl sites for hydroxylation is 1. The van der Waals surface area contributed by atoms with Gasteiger partial charge in [0.15, 0.2) is 0 Å². The van der Waals surface area contributed by atoms with E-state index < -0.39 is 12.1 Å². The lowest BCUT2D eigenvalue weighted by Gasteiger charge is -2.05. The molecule has 2 heterocycles. The monoisotopic (exact) mass is 292 g/mol. The Labute approximate surface area is 120 Å². The van der Waals surface area contributed by atoms with Crippen LogP contribution >= 0.6 is 11.6 Å². The first kappa shape index (κ1) is 13.0. The molecule has 104 valence electrons. The van der Waals surface area contributed by atoms with Gasteiger partial charge in [-0.3, -0.25) is 0 Å². The lowest BCUT2D eigenvalue weighted by atomic mass is 10.1. The normalized spacial score (nSPS) is 17.9. The highest BCUT2D eigenvalue weighted by Gasteiger charge is 2.32. The molecular weight excluding hydrogens is 280 g/mol. The van der Waals surface area contributed by atoms with Gasteiger partial charge in [0, 0.05) is 24.4 Å². The van der Waals surface area contributed by atoms with Gasteiger partial charge in [0.25, 0.3) is 0 Å². The van der Waals surface area contributed by atoms with Crippen molar-refractivity contribution in [2.75, 3.05) is 7.11 Å². The Kier molecular flexibility index (Phi) is 3.14. The largest absolute Gasteiger partial charge is 0.466 e. The minimum Gasteiger partial charge on any atom is -0.466 e. The molecule has 2 aromatic rings. The summed E-state index contributed by atoms with van der Waals surface area (Å²) < 4.78 is 6.62. The van der Waals surface area contributed by atoms with Crippen LogP contribution in [-0.2, 0) is 21.4 Å². The number of carbonyl (C=O) groups is 1. The van der Waals surface area contributed by atoms with Crippen LogP contribution in [0.5, 0.6) is 0 Å². The molecule has 1 aliphatic rings. The summed E-state index contributed by atoms with van der Waals surface area (Å²) in [6.07, 6.45) is -0.333. The van der Waals surface area contributed by atoms with E-state index in [9.17, 15) is 4.79 Å². The van der Waals surface area contributed by atoms with E-state index in [-0.39, 0.29) is 0 Å². The highest BCUT2D eigenvalue weighted by molar-refractivity contribution is 6.39. The van der Waals surface area contributed by atoms with E-state index in [1.807, 2.05) is 35.9 Å². The summed E-state index contributed by atoms with van der Waals surface area (Å²) in [5, 5.41) is 5.56. The highest BCUT2D eigenvalue weighted by Crippen LogP contribution is 2.32. The summed E-state index contributed by atoms with van der Waals surface area (Å²) in [7, 11) is 3.24. The SMILES string of the molecule is COC(=O)C1CC(c2c(Cl)c3ccccc3n2C)=NO1. The summed E-state index contributed by atoms with van der Waals surface area (Å²) in [6.45, 7) is 0. The standard InChI is InChI=1S/C14H13ClN2O3/c1-17-10-6-4-3-5-8(10)12(15)13(17)9-7-11(20-16-9)14(18)19-2/h3-6,11H,7H2,1-2H3. The van der Waals surface area contributed by atoms with Gasteiger partial charge in [0.1, 0.15) is 5.71 Å². The molecule has 0 saturated heterocycles. The summed E-state index contributed by atoms with van der Waals surface area (Å²) >= 11 is 6.43. The molecule has 0 N–H and O–H groups in total. The summed E-state index contributed by atoms with van der Waals surface area (Å²) in [6, 6.07) is 7.82. The van der Waals surface area contributed by atoms with Crippen LogP contribution in [-0.4, -0.2) is 29.5 Å². The maximum atomic E-state index is 11.5. The Morgan fingerprint density at radius 3 is 2.95 bits per heavy atom. The number of hydrogen-bond acceptors (Lipinski definition) is 4. The molecule has 1 aromatic heterocycles. The number of carbonyl (C=O) groups excluding carboxylic acids is 1. The van der Waals surface area contributed by atoms with E-state index in [1.54, 1.807) is 0 Å². The molecule has 6 heteroatoms. The minimum atomic E-state index is -0.691. The van der Waals surface area contributed by atoms with Crippen molar-refractivity contribution in [2.45, 2.75) is 12.5 Å². The Morgan fingerprint density at radius 2 is 2.25 bits per heavy atom. The van der Waals surface area contributed by atoms with Crippen LogP contribution in [0.1, 0.15) is 12.1 Å². The van der Waals surface area contributed by atoms with Crippen molar-refractivity contribution in [3.63, 3.8) is 0 Å². The first-order chi connectivity index (χ1) is 9.63. The number of rotatable bonds is 2. The van der Waals surface area contributed by atoms with Crippen molar-refractivity contribution in [3.05, 3.63) is 35.0 Å². The molecule has 0 saturated carbocycles. The van der Waals surface area contributed by atoms with E-state index in [0.29, 0.717) is 17.2 Å². The van der Waals surface area contributed by atoms with Gasteiger partial charge in [-0.1, -0.05) is 35.0 Å². The highest BCUT2D eigenvalue weighted by atomic mass is 35.5. The van der Waals surface area contributed by atoms with Crippen LogP contribution in [0.4, 0.5) is 0 Å². The van der Waals surface area contributed by atoms with E-state index in [1.165, 1.54) is 7.11 Å². The van der Waals surface area contributed by atoms with Crippen molar-refractivity contribution < 1.29 is 14.4 Å². The van der Waals surface area contributed by atoms with E-state index in [0.717, 1.165) is 16.6 Å². The number of oxime groups is 1. The number of methoxy groups -OCH3 is 1. The van der Waals surface area contributed by atoms with Crippen LogP contribution < -0.4 is 0 Å². The third-order valence-electron chi connectivity index (χ3n) is 3.45. The quantitative estimate of drug-likeness (QED) is 0.799. The van der Waals surface area contributed by atoms with Crippen molar-refractivity contribution >= 4 is 34.2 Å². The lowest BCUT2D eigenvalue weighted by Crippen LogP contribution is -2.22. The molecule has 0 fully saturated rings. The average molecular weight is 293 g/mol. The number of aromatic nitrogens is 1. The topological polar surface area (TPSA) is 52.8 Å². The third-order valence-corrected chi connectivity index (χ3v) is 3.83. The zero-order valence-corrected chi connectivity index (χ0v) is 11.8. The molecule has 1 atom stereocenters. The number of esters is 1. The molecule has 0 spiro atoms. The summed E-state index contributed by atoms with van der Waals surface area (Å²) in [5.74, 6) is -0.432. The molecule has 3 rings (SSSR count). The van der Waals surface area contributed by atoms with Crippen LogP contribution in [0.15, 0.2) is 29.4 Å². The fraction of sp³-hybridized carbons (Fsp3) is 0.286. The number of fused-ring (bicyclic) bond motifs is 1. The molecule has 0 aliphatic carbocycles. The van der Waals surface area contributed by atoms with Gasteiger partial charge < -0.3 is 14.1 Å². The number of nitrogens with zero attached hydrogens (tertiary/aromatic N) is 2. The van der Waals surface area contributed by atoms with E-state index >= 15 is 0 Å². The fourth-order valence-corrected chi connectivity index (χ4v) is 2.84. The van der Waals surface area contributed by atoms with Gasteiger partial charge in [0.2, 0.25) is 6.10 Å². The Hall–Kier alpha value is -2.01. The number of benzene rings is 1. The molecule has 20 heavy (non-hydrogen) atoms. The Balaban J connectivity index is 2.02. The average Bonchev–Trinajstić information content (AvgIpc) is 3.03. The molecule has 0 radical (unpaired) electrons. The Bertz CT molecular complexity index is 682. The summed E-state index contributed by atoms with van der Waals surface area (Å²) in [4.78, 5) is 16.6. The number of ether oxygens (including phenoxy) is 1. The van der Waals surface area contributed by atoms with E-state index in [4.69, 9.17) is 16.4 Å². The van der Waals surface area contributed by atoms with Crippen LogP contribution in [0.25, 0.3) is 10.9 Å².